The number of para-hydroxylation sites is 1. The van der Waals surface area contributed by atoms with Gasteiger partial charge in [-0.1, -0.05) is 109 Å². The number of thioether (sulfide) groups is 1. The highest BCUT2D eigenvalue weighted by molar-refractivity contribution is 7.99. The molecule has 0 saturated carbocycles. The van der Waals surface area contributed by atoms with Gasteiger partial charge in [-0.3, -0.25) is 4.79 Å². The number of amides is 1. The Balaban J connectivity index is 1.52. The predicted molar refractivity (Wildman–Crippen MR) is 128 cm³/mol. The number of carbonyl (C=O) groups is 1. The third-order valence-electron chi connectivity index (χ3n) is 5.56. The molecule has 3 atom stereocenters. The molecule has 0 N–H and O–H groups in total. The Hall–Kier alpha value is -3.50. The predicted octanol–water partition coefficient (Wildman–Crippen LogP) is 6.51. The quantitative estimate of drug-likeness (QED) is 0.244. The van der Waals surface area contributed by atoms with Gasteiger partial charge in [0.2, 0.25) is 6.10 Å². The van der Waals surface area contributed by atoms with Gasteiger partial charge in [0.05, 0.1) is 0 Å². The molecule has 0 aromatic heterocycles. The summed E-state index contributed by atoms with van der Waals surface area (Å²) < 4.78 is 6.20. The lowest BCUT2D eigenvalue weighted by Gasteiger charge is -2.50. The summed E-state index contributed by atoms with van der Waals surface area (Å²) in [6, 6.07) is 40.0. The summed E-state index contributed by atoms with van der Waals surface area (Å²) in [5.74, 6) is 0.707. The first-order chi connectivity index (χ1) is 15.8. The van der Waals surface area contributed by atoms with Crippen LogP contribution in [-0.4, -0.2) is 16.9 Å². The minimum Gasteiger partial charge on any atom is -0.478 e. The molecule has 3 nitrogen and oxygen atoms in total. The molecule has 0 aliphatic carbocycles. The number of likely N-dealkylation sites (tertiary alicyclic amines) is 1. The highest BCUT2D eigenvalue weighted by Crippen LogP contribution is 2.49. The van der Waals surface area contributed by atoms with Crippen molar-refractivity contribution in [3.05, 3.63) is 132 Å². The van der Waals surface area contributed by atoms with Crippen molar-refractivity contribution in [3.8, 4) is 5.75 Å². The first-order valence-corrected chi connectivity index (χ1v) is 11.5. The van der Waals surface area contributed by atoms with Crippen molar-refractivity contribution in [1.29, 1.82) is 0 Å². The van der Waals surface area contributed by atoms with Crippen molar-refractivity contribution < 1.29 is 9.53 Å². The maximum Gasteiger partial charge on any atom is 0.268 e. The minimum atomic E-state index is -0.553. The number of hydrogen-bond donors (Lipinski definition) is 0. The number of β-lactam (4-membered cyclic amide) rings is 1. The summed E-state index contributed by atoms with van der Waals surface area (Å²) in [6.07, 6.45) is -0.553. The normalized spacial score (nSPS) is 18.6. The van der Waals surface area contributed by atoms with Gasteiger partial charge < -0.3 is 9.64 Å². The molecule has 1 heterocycles. The van der Waals surface area contributed by atoms with Crippen LogP contribution in [0.4, 0.5) is 0 Å². The largest absolute Gasteiger partial charge is 0.478 e. The fourth-order valence-electron chi connectivity index (χ4n) is 4.02. The minimum absolute atomic E-state index is 0.00000898. The van der Waals surface area contributed by atoms with E-state index in [0.717, 1.165) is 16.0 Å². The zero-order valence-corrected chi connectivity index (χ0v) is 18.3. The van der Waals surface area contributed by atoms with Crippen LogP contribution >= 0.6 is 11.8 Å². The Kier molecular flexibility index (Phi) is 5.95. The van der Waals surface area contributed by atoms with Crippen LogP contribution in [0.15, 0.2) is 126 Å². The van der Waals surface area contributed by atoms with Gasteiger partial charge in [0, 0.05) is 4.90 Å². The van der Waals surface area contributed by atoms with Gasteiger partial charge in [-0.25, -0.2) is 0 Å². The zero-order chi connectivity index (χ0) is 21.8. The van der Waals surface area contributed by atoms with Crippen molar-refractivity contribution in [1.82, 2.24) is 4.90 Å². The zero-order valence-electron chi connectivity index (χ0n) is 17.5. The summed E-state index contributed by atoms with van der Waals surface area (Å²) in [5.41, 5.74) is 2.16. The van der Waals surface area contributed by atoms with Crippen LogP contribution in [0.1, 0.15) is 22.5 Å². The lowest BCUT2D eigenvalue weighted by atomic mass is 9.89. The molecule has 158 valence electrons. The summed E-state index contributed by atoms with van der Waals surface area (Å²) in [4.78, 5) is 16.6. The Morgan fingerprint density at radius 3 is 1.84 bits per heavy atom. The summed E-state index contributed by atoms with van der Waals surface area (Å²) >= 11 is 1.69. The highest BCUT2D eigenvalue weighted by atomic mass is 32.2. The highest BCUT2D eigenvalue weighted by Gasteiger charge is 2.53. The van der Waals surface area contributed by atoms with E-state index in [1.807, 2.05) is 89.8 Å². The van der Waals surface area contributed by atoms with E-state index >= 15 is 0 Å². The van der Waals surface area contributed by atoms with Crippen molar-refractivity contribution in [3.63, 3.8) is 0 Å². The number of hydrogen-bond acceptors (Lipinski definition) is 3. The van der Waals surface area contributed by atoms with Gasteiger partial charge in [0.1, 0.15) is 17.2 Å². The van der Waals surface area contributed by atoms with Crippen LogP contribution in [0, 0.1) is 0 Å². The summed E-state index contributed by atoms with van der Waals surface area (Å²) in [6.45, 7) is 0. The molecule has 4 aromatic carbocycles. The maximum absolute atomic E-state index is 13.5. The van der Waals surface area contributed by atoms with Crippen LogP contribution in [-0.2, 0) is 4.79 Å². The second kappa shape index (κ2) is 9.33. The first-order valence-electron chi connectivity index (χ1n) is 10.7. The molecule has 1 saturated heterocycles. The van der Waals surface area contributed by atoms with E-state index in [9.17, 15) is 4.79 Å². The number of rotatable bonds is 7. The fourth-order valence-corrected chi connectivity index (χ4v) is 5.24. The molecule has 0 bridgehead atoms. The van der Waals surface area contributed by atoms with Crippen LogP contribution in [0.3, 0.4) is 0 Å². The lowest BCUT2D eigenvalue weighted by Crippen LogP contribution is -2.61. The second-order valence-corrected chi connectivity index (χ2v) is 8.80. The summed E-state index contributed by atoms with van der Waals surface area (Å²) in [5, 5.41) is -0.160. The van der Waals surface area contributed by atoms with Crippen LogP contribution in [0.2, 0.25) is 0 Å². The molecule has 0 radical (unpaired) electrons. The second-order valence-electron chi connectivity index (χ2n) is 7.65. The molecule has 4 heteroatoms. The molecular formula is C28H23NO2S. The van der Waals surface area contributed by atoms with E-state index < -0.39 is 6.10 Å². The number of carbonyl (C=O) groups excluding carboxylic acids is 1. The van der Waals surface area contributed by atoms with Crippen LogP contribution in [0.25, 0.3) is 0 Å². The molecule has 4 aromatic rings. The van der Waals surface area contributed by atoms with E-state index in [0.29, 0.717) is 5.75 Å². The average molecular weight is 438 g/mol. The molecule has 0 unspecified atom stereocenters. The van der Waals surface area contributed by atoms with Gasteiger partial charge in [-0.05, 0) is 35.4 Å². The monoisotopic (exact) mass is 437 g/mol. The molecule has 0 spiro atoms. The number of nitrogens with zero attached hydrogens (tertiary/aromatic N) is 1. The van der Waals surface area contributed by atoms with E-state index in [4.69, 9.17) is 4.74 Å². The third-order valence-corrected chi connectivity index (χ3v) is 6.83. The number of ether oxygens (including phenoxy) is 1. The molecule has 1 aliphatic heterocycles. The summed E-state index contributed by atoms with van der Waals surface area (Å²) in [7, 11) is 0. The first kappa shape index (κ1) is 20.4. The standard InChI is InChI=1S/C28H23NO2S/c30-27-26(31-23-17-9-3-10-18-23)25(21-13-5-1-6-14-21)29(27)28(22-15-7-2-8-16-22)32-24-19-11-4-12-20-24/h1-20,25-26,28H/t25-,26+,28+/m0/s1. The Morgan fingerprint density at radius 2 is 1.22 bits per heavy atom. The van der Waals surface area contributed by atoms with E-state index in [1.54, 1.807) is 11.8 Å². The van der Waals surface area contributed by atoms with E-state index in [-0.39, 0.29) is 17.3 Å². The van der Waals surface area contributed by atoms with Crippen molar-refractivity contribution in [2.24, 2.45) is 0 Å². The smallest absolute Gasteiger partial charge is 0.268 e. The van der Waals surface area contributed by atoms with Crippen molar-refractivity contribution in [2.45, 2.75) is 22.4 Å². The van der Waals surface area contributed by atoms with Crippen molar-refractivity contribution in [2.75, 3.05) is 0 Å². The van der Waals surface area contributed by atoms with Crippen LogP contribution < -0.4 is 4.74 Å². The molecule has 5 rings (SSSR count). The van der Waals surface area contributed by atoms with Gasteiger partial charge in [-0.2, -0.15) is 0 Å². The molecule has 1 fully saturated rings. The SMILES string of the molecule is O=C1[C@H](Oc2ccccc2)[C@H](c2ccccc2)N1[C@H](Sc1ccccc1)c1ccccc1. The third kappa shape index (κ3) is 4.14. The molecule has 32 heavy (non-hydrogen) atoms. The average Bonchev–Trinajstić information content (AvgIpc) is 2.87. The number of benzene rings is 4. The fraction of sp³-hybridized carbons (Fsp3) is 0.107. The Morgan fingerprint density at radius 1 is 0.688 bits per heavy atom. The Bertz CT molecular complexity index is 1150. The van der Waals surface area contributed by atoms with Gasteiger partial charge >= 0.3 is 0 Å². The van der Waals surface area contributed by atoms with Crippen LogP contribution in [0.5, 0.6) is 5.75 Å². The molecule has 1 amide bonds. The van der Waals surface area contributed by atoms with E-state index in [2.05, 4.69) is 36.4 Å². The van der Waals surface area contributed by atoms with Crippen molar-refractivity contribution >= 4 is 17.7 Å². The van der Waals surface area contributed by atoms with Gasteiger partial charge in [0.25, 0.3) is 5.91 Å². The molecular weight excluding hydrogens is 414 g/mol. The Labute approximate surface area is 192 Å². The van der Waals surface area contributed by atoms with Gasteiger partial charge in [0.15, 0.2) is 0 Å². The topological polar surface area (TPSA) is 29.5 Å². The molecule has 1 aliphatic rings. The van der Waals surface area contributed by atoms with E-state index in [1.165, 1.54) is 0 Å². The maximum atomic E-state index is 13.5. The lowest BCUT2D eigenvalue weighted by molar-refractivity contribution is -0.165. The van der Waals surface area contributed by atoms with Gasteiger partial charge in [-0.15, -0.1) is 0 Å².